The molecule has 2 saturated heterocycles. The number of hydrogen-bond donors (Lipinski definition) is 0. The third kappa shape index (κ3) is 3.55. The summed E-state index contributed by atoms with van der Waals surface area (Å²) in [4.78, 5) is 29.0. The third-order valence-corrected chi connectivity index (χ3v) is 4.79. The first-order valence-electron chi connectivity index (χ1n) is 8.43. The molecule has 2 aliphatic rings. The lowest BCUT2D eigenvalue weighted by atomic mass is 9.93. The Kier molecular flexibility index (Phi) is 4.73. The van der Waals surface area contributed by atoms with Gasteiger partial charge in [-0.05, 0) is 59.3 Å². The van der Waals surface area contributed by atoms with Crippen molar-refractivity contribution < 1.29 is 14.3 Å². The van der Waals surface area contributed by atoms with Crippen molar-refractivity contribution in [2.75, 3.05) is 19.6 Å². The van der Waals surface area contributed by atoms with Crippen molar-refractivity contribution in [1.29, 1.82) is 0 Å². The van der Waals surface area contributed by atoms with Crippen molar-refractivity contribution in [2.45, 2.75) is 71.4 Å². The molecule has 0 bridgehead atoms. The van der Waals surface area contributed by atoms with Crippen LogP contribution >= 0.6 is 0 Å². The molecule has 5 nitrogen and oxygen atoms in total. The molecule has 2 amide bonds. The average molecular weight is 310 g/mol. The Balaban J connectivity index is 2.09. The van der Waals surface area contributed by atoms with Crippen LogP contribution in [0.3, 0.4) is 0 Å². The van der Waals surface area contributed by atoms with E-state index in [2.05, 4.69) is 6.92 Å². The maximum Gasteiger partial charge on any atom is 0.411 e. The summed E-state index contributed by atoms with van der Waals surface area (Å²) in [7, 11) is 0. The molecule has 0 aliphatic carbocycles. The molecule has 22 heavy (non-hydrogen) atoms. The molecule has 0 aromatic carbocycles. The monoisotopic (exact) mass is 310 g/mol. The van der Waals surface area contributed by atoms with E-state index >= 15 is 0 Å². The minimum absolute atomic E-state index is 0.0859. The number of ether oxygens (including phenoxy) is 1. The molecule has 2 fully saturated rings. The van der Waals surface area contributed by atoms with Crippen molar-refractivity contribution in [3.63, 3.8) is 0 Å². The zero-order valence-corrected chi connectivity index (χ0v) is 14.6. The van der Waals surface area contributed by atoms with Crippen LogP contribution in [0.1, 0.15) is 60.3 Å². The van der Waals surface area contributed by atoms with Gasteiger partial charge in [0, 0.05) is 19.6 Å². The summed E-state index contributed by atoms with van der Waals surface area (Å²) in [5.41, 5.74) is -1.28. The summed E-state index contributed by atoms with van der Waals surface area (Å²) >= 11 is 0. The van der Waals surface area contributed by atoms with Gasteiger partial charge in [0.05, 0.1) is 0 Å². The van der Waals surface area contributed by atoms with Gasteiger partial charge in [0.2, 0.25) is 5.91 Å². The van der Waals surface area contributed by atoms with E-state index in [0.717, 1.165) is 38.8 Å². The largest absolute Gasteiger partial charge is 0.444 e. The van der Waals surface area contributed by atoms with Crippen LogP contribution in [-0.2, 0) is 9.53 Å². The van der Waals surface area contributed by atoms with E-state index in [1.165, 1.54) is 0 Å². The molecule has 0 N–H and O–H groups in total. The molecule has 0 saturated carbocycles. The predicted octanol–water partition coefficient (Wildman–Crippen LogP) is 3.03. The normalized spacial score (nSPS) is 27.1. The number of piperidine rings is 1. The number of carbonyl (C=O) groups is 2. The van der Waals surface area contributed by atoms with E-state index in [0.29, 0.717) is 12.5 Å². The molecule has 2 rings (SSSR count). The topological polar surface area (TPSA) is 49.9 Å². The van der Waals surface area contributed by atoms with E-state index in [-0.39, 0.29) is 12.0 Å². The number of amides is 2. The lowest BCUT2D eigenvalue weighted by Crippen LogP contribution is -2.58. The standard InChI is InChI=1S/C17H30N2O3/c1-13-7-11-18(12-8-13)14(20)17(5)9-6-10-19(17)15(21)22-16(2,3)4/h13H,6-12H2,1-5H3. The summed E-state index contributed by atoms with van der Waals surface area (Å²) in [6.45, 7) is 11.9. The fourth-order valence-electron chi connectivity index (χ4n) is 3.35. The van der Waals surface area contributed by atoms with Crippen LogP contribution in [0.4, 0.5) is 4.79 Å². The highest BCUT2D eigenvalue weighted by molar-refractivity contribution is 5.90. The molecule has 126 valence electrons. The first-order chi connectivity index (χ1) is 10.1. The van der Waals surface area contributed by atoms with E-state index in [4.69, 9.17) is 4.74 Å². The van der Waals surface area contributed by atoms with Gasteiger partial charge in [0.25, 0.3) is 0 Å². The smallest absolute Gasteiger partial charge is 0.411 e. The SMILES string of the molecule is CC1CCN(C(=O)C2(C)CCCN2C(=O)OC(C)(C)C)CC1. The summed E-state index contributed by atoms with van der Waals surface area (Å²) in [5.74, 6) is 0.769. The second-order valence-electron chi connectivity index (χ2n) is 7.98. The van der Waals surface area contributed by atoms with Gasteiger partial charge in [-0.25, -0.2) is 4.79 Å². The number of likely N-dealkylation sites (tertiary alicyclic amines) is 2. The Morgan fingerprint density at radius 2 is 1.73 bits per heavy atom. The lowest BCUT2D eigenvalue weighted by molar-refractivity contribution is -0.143. The Morgan fingerprint density at radius 3 is 2.27 bits per heavy atom. The van der Waals surface area contributed by atoms with Gasteiger partial charge in [-0.2, -0.15) is 0 Å². The first kappa shape index (κ1) is 17.1. The number of carbonyl (C=O) groups excluding carboxylic acids is 2. The van der Waals surface area contributed by atoms with Crippen LogP contribution in [0.25, 0.3) is 0 Å². The van der Waals surface area contributed by atoms with Crippen molar-refractivity contribution in [3.8, 4) is 0 Å². The summed E-state index contributed by atoms with van der Waals surface area (Å²) in [6, 6.07) is 0. The Labute approximate surface area is 134 Å². The highest BCUT2D eigenvalue weighted by atomic mass is 16.6. The minimum atomic E-state index is -0.747. The maximum atomic E-state index is 13.0. The highest BCUT2D eigenvalue weighted by Crippen LogP contribution is 2.33. The second kappa shape index (κ2) is 6.09. The van der Waals surface area contributed by atoms with Gasteiger partial charge in [-0.1, -0.05) is 6.92 Å². The third-order valence-electron chi connectivity index (χ3n) is 4.79. The molecular formula is C17H30N2O3. The molecule has 0 aromatic rings. The van der Waals surface area contributed by atoms with Crippen LogP contribution in [0.5, 0.6) is 0 Å². The van der Waals surface area contributed by atoms with Gasteiger partial charge in [-0.15, -0.1) is 0 Å². The van der Waals surface area contributed by atoms with Crippen molar-refractivity contribution >= 4 is 12.0 Å². The molecule has 2 heterocycles. The highest BCUT2D eigenvalue weighted by Gasteiger charge is 2.49. The molecule has 0 aromatic heterocycles. The van der Waals surface area contributed by atoms with Gasteiger partial charge in [0.15, 0.2) is 0 Å². The fourth-order valence-corrected chi connectivity index (χ4v) is 3.35. The van der Waals surface area contributed by atoms with E-state index in [9.17, 15) is 9.59 Å². The number of nitrogens with zero attached hydrogens (tertiary/aromatic N) is 2. The average Bonchev–Trinajstić information content (AvgIpc) is 2.80. The molecule has 5 heteroatoms. The van der Waals surface area contributed by atoms with Gasteiger partial charge < -0.3 is 9.64 Å². The predicted molar refractivity (Wildman–Crippen MR) is 85.6 cm³/mol. The van der Waals surface area contributed by atoms with Gasteiger partial charge >= 0.3 is 6.09 Å². The molecule has 0 radical (unpaired) electrons. The maximum absolute atomic E-state index is 13.0. The number of rotatable bonds is 1. The fraction of sp³-hybridized carbons (Fsp3) is 0.882. The van der Waals surface area contributed by atoms with Crippen LogP contribution in [0, 0.1) is 5.92 Å². The van der Waals surface area contributed by atoms with Crippen molar-refractivity contribution in [3.05, 3.63) is 0 Å². The van der Waals surface area contributed by atoms with Crippen LogP contribution < -0.4 is 0 Å². The van der Waals surface area contributed by atoms with Crippen LogP contribution in [0.15, 0.2) is 0 Å². The number of hydrogen-bond acceptors (Lipinski definition) is 3. The Hall–Kier alpha value is -1.26. The molecule has 2 aliphatic heterocycles. The summed E-state index contributed by atoms with van der Waals surface area (Å²) in [5, 5.41) is 0. The molecular weight excluding hydrogens is 280 g/mol. The quantitative estimate of drug-likeness (QED) is 0.748. The van der Waals surface area contributed by atoms with E-state index < -0.39 is 11.1 Å². The zero-order valence-electron chi connectivity index (χ0n) is 14.6. The van der Waals surface area contributed by atoms with Crippen molar-refractivity contribution in [1.82, 2.24) is 9.80 Å². The zero-order chi connectivity index (χ0) is 16.5. The minimum Gasteiger partial charge on any atom is -0.444 e. The van der Waals surface area contributed by atoms with E-state index in [1.807, 2.05) is 32.6 Å². The molecule has 0 spiro atoms. The van der Waals surface area contributed by atoms with E-state index in [1.54, 1.807) is 4.90 Å². The van der Waals surface area contributed by atoms with Gasteiger partial charge in [0.1, 0.15) is 11.1 Å². The first-order valence-corrected chi connectivity index (χ1v) is 8.43. The summed E-state index contributed by atoms with van der Waals surface area (Å²) in [6.07, 6.45) is 3.30. The van der Waals surface area contributed by atoms with Crippen LogP contribution in [-0.4, -0.2) is 52.6 Å². The molecule has 1 unspecified atom stereocenters. The van der Waals surface area contributed by atoms with Gasteiger partial charge in [-0.3, -0.25) is 9.69 Å². The second-order valence-corrected chi connectivity index (χ2v) is 7.98. The summed E-state index contributed by atoms with van der Waals surface area (Å²) < 4.78 is 5.49. The van der Waals surface area contributed by atoms with Crippen molar-refractivity contribution in [2.24, 2.45) is 5.92 Å². The Bertz CT molecular complexity index is 436. The lowest BCUT2D eigenvalue weighted by Gasteiger charge is -2.40. The Morgan fingerprint density at radius 1 is 1.14 bits per heavy atom. The molecule has 1 atom stereocenters. The van der Waals surface area contributed by atoms with Crippen LogP contribution in [0.2, 0.25) is 0 Å².